The molecule has 0 aromatic rings. The molecule has 5 unspecified atom stereocenters. The van der Waals surface area contributed by atoms with Crippen molar-refractivity contribution in [2.45, 2.75) is 70.7 Å². The van der Waals surface area contributed by atoms with Crippen molar-refractivity contribution in [3.8, 4) is 0 Å². The van der Waals surface area contributed by atoms with Crippen LogP contribution in [0.5, 0.6) is 0 Å². The van der Waals surface area contributed by atoms with Gasteiger partial charge in [-0.15, -0.1) is 0 Å². The van der Waals surface area contributed by atoms with E-state index in [4.69, 9.17) is 4.99 Å². The number of nitrogens with zero attached hydrogens (tertiary/aromatic N) is 1. The van der Waals surface area contributed by atoms with Crippen molar-refractivity contribution in [3.63, 3.8) is 0 Å². The van der Waals surface area contributed by atoms with Crippen molar-refractivity contribution < 1.29 is 0 Å². The van der Waals surface area contributed by atoms with Gasteiger partial charge in [-0.2, -0.15) is 0 Å². The van der Waals surface area contributed by atoms with Crippen LogP contribution < -0.4 is 5.32 Å². The Bertz CT molecular complexity index is 278. The summed E-state index contributed by atoms with van der Waals surface area (Å²) >= 11 is 1.93. The molecule has 1 heterocycles. The van der Waals surface area contributed by atoms with Crippen LogP contribution >= 0.6 is 11.8 Å². The Kier molecular flexibility index (Phi) is 4.40. The average molecular weight is 254 g/mol. The van der Waals surface area contributed by atoms with E-state index in [-0.39, 0.29) is 0 Å². The van der Waals surface area contributed by atoms with Gasteiger partial charge in [0.25, 0.3) is 0 Å². The second-order valence-electron chi connectivity index (χ2n) is 5.82. The monoisotopic (exact) mass is 254 g/mol. The minimum atomic E-state index is 0.562. The minimum Gasteiger partial charge on any atom is -0.362 e. The number of amidine groups is 1. The summed E-state index contributed by atoms with van der Waals surface area (Å²) in [6.45, 7) is 9.27. The molecule has 0 spiro atoms. The number of aliphatic imine (C=N–C) groups is 1. The molecule has 2 fully saturated rings. The van der Waals surface area contributed by atoms with E-state index in [2.05, 4.69) is 33.0 Å². The predicted molar refractivity (Wildman–Crippen MR) is 77.7 cm³/mol. The van der Waals surface area contributed by atoms with Crippen molar-refractivity contribution >= 4 is 16.9 Å². The standard InChI is InChI=1S/C14H26N2S/c1-5-12-6-7-13(11(12)4)16-14-15-9(2)8-10(3)17-14/h9-13H,5-8H2,1-4H3,(H,15,16). The fourth-order valence-electron chi connectivity index (χ4n) is 3.24. The first-order chi connectivity index (χ1) is 8.10. The Balaban J connectivity index is 1.99. The lowest BCUT2D eigenvalue weighted by molar-refractivity contribution is 0.383. The highest BCUT2D eigenvalue weighted by atomic mass is 32.2. The van der Waals surface area contributed by atoms with Crippen LogP contribution in [-0.4, -0.2) is 22.5 Å². The first-order valence-corrected chi connectivity index (χ1v) is 7.99. The van der Waals surface area contributed by atoms with Crippen LogP contribution in [0, 0.1) is 11.8 Å². The molecule has 1 saturated carbocycles. The van der Waals surface area contributed by atoms with E-state index in [0.29, 0.717) is 17.3 Å². The summed E-state index contributed by atoms with van der Waals surface area (Å²) in [5.74, 6) is 1.66. The van der Waals surface area contributed by atoms with Crippen LogP contribution in [0.2, 0.25) is 0 Å². The SMILES string of the molecule is CCC1CCC(N=C2NC(C)CC(C)S2)C1C. The van der Waals surface area contributed by atoms with E-state index in [1.807, 2.05) is 11.8 Å². The van der Waals surface area contributed by atoms with Gasteiger partial charge in [-0.05, 0) is 38.0 Å². The summed E-state index contributed by atoms with van der Waals surface area (Å²) in [6.07, 6.45) is 5.22. The number of nitrogens with one attached hydrogen (secondary N) is 1. The van der Waals surface area contributed by atoms with E-state index in [0.717, 1.165) is 11.8 Å². The Morgan fingerprint density at radius 2 is 2.06 bits per heavy atom. The van der Waals surface area contributed by atoms with Gasteiger partial charge < -0.3 is 5.32 Å². The maximum absolute atomic E-state index is 4.98. The Hall–Kier alpha value is -0.180. The third-order valence-corrected chi connectivity index (χ3v) is 5.40. The highest BCUT2D eigenvalue weighted by molar-refractivity contribution is 8.14. The van der Waals surface area contributed by atoms with Crippen LogP contribution in [-0.2, 0) is 0 Å². The van der Waals surface area contributed by atoms with Gasteiger partial charge in [0.2, 0.25) is 0 Å². The lowest BCUT2D eigenvalue weighted by atomic mass is 9.94. The zero-order valence-corrected chi connectivity index (χ0v) is 12.4. The number of thioether (sulfide) groups is 1. The van der Waals surface area contributed by atoms with Crippen molar-refractivity contribution in [1.82, 2.24) is 5.32 Å². The molecule has 2 nitrogen and oxygen atoms in total. The molecule has 0 radical (unpaired) electrons. The van der Waals surface area contributed by atoms with Crippen molar-refractivity contribution in [2.24, 2.45) is 16.8 Å². The van der Waals surface area contributed by atoms with Gasteiger partial charge in [-0.3, -0.25) is 4.99 Å². The second-order valence-corrected chi connectivity index (χ2v) is 7.24. The Morgan fingerprint density at radius 1 is 1.29 bits per heavy atom. The topological polar surface area (TPSA) is 24.4 Å². The molecule has 2 rings (SSSR count). The van der Waals surface area contributed by atoms with Crippen molar-refractivity contribution in [3.05, 3.63) is 0 Å². The van der Waals surface area contributed by atoms with Gasteiger partial charge in [0.15, 0.2) is 5.17 Å². The van der Waals surface area contributed by atoms with Gasteiger partial charge >= 0.3 is 0 Å². The lowest BCUT2D eigenvalue weighted by Gasteiger charge is -2.28. The summed E-state index contributed by atoms with van der Waals surface area (Å²) in [5.41, 5.74) is 0. The summed E-state index contributed by atoms with van der Waals surface area (Å²) in [7, 11) is 0. The third kappa shape index (κ3) is 3.18. The molecular weight excluding hydrogens is 228 g/mol. The van der Waals surface area contributed by atoms with E-state index in [1.165, 1.54) is 30.9 Å². The number of hydrogen-bond donors (Lipinski definition) is 1. The normalized spacial score (nSPS) is 44.9. The van der Waals surface area contributed by atoms with Gasteiger partial charge in [0.05, 0.1) is 6.04 Å². The molecule has 98 valence electrons. The van der Waals surface area contributed by atoms with E-state index < -0.39 is 0 Å². The van der Waals surface area contributed by atoms with Gasteiger partial charge in [0.1, 0.15) is 0 Å². The zero-order valence-electron chi connectivity index (χ0n) is 11.6. The van der Waals surface area contributed by atoms with E-state index >= 15 is 0 Å². The Morgan fingerprint density at radius 3 is 2.65 bits per heavy atom. The molecule has 17 heavy (non-hydrogen) atoms. The third-order valence-electron chi connectivity index (χ3n) is 4.36. The number of hydrogen-bond acceptors (Lipinski definition) is 2. The van der Waals surface area contributed by atoms with Gasteiger partial charge in [-0.25, -0.2) is 0 Å². The molecule has 5 atom stereocenters. The first-order valence-electron chi connectivity index (χ1n) is 7.11. The lowest BCUT2D eigenvalue weighted by Crippen LogP contribution is -2.39. The molecule has 1 aliphatic carbocycles. The minimum absolute atomic E-state index is 0.562. The maximum atomic E-state index is 4.98. The predicted octanol–water partition coefficient (Wildman–Crippen LogP) is 3.67. The fraction of sp³-hybridized carbons (Fsp3) is 0.929. The highest BCUT2D eigenvalue weighted by Crippen LogP contribution is 2.36. The molecule has 1 aliphatic heterocycles. The smallest absolute Gasteiger partial charge is 0.157 e. The molecule has 0 bridgehead atoms. The molecule has 3 heteroatoms. The van der Waals surface area contributed by atoms with Crippen LogP contribution in [0.1, 0.15) is 53.4 Å². The molecule has 0 aromatic carbocycles. The zero-order chi connectivity index (χ0) is 12.4. The summed E-state index contributed by atoms with van der Waals surface area (Å²) in [4.78, 5) is 4.98. The average Bonchev–Trinajstić information content (AvgIpc) is 2.58. The van der Waals surface area contributed by atoms with Crippen molar-refractivity contribution in [1.29, 1.82) is 0 Å². The van der Waals surface area contributed by atoms with Gasteiger partial charge in [0, 0.05) is 11.3 Å². The summed E-state index contributed by atoms with van der Waals surface area (Å²) < 4.78 is 0. The van der Waals surface area contributed by atoms with E-state index in [1.54, 1.807) is 0 Å². The van der Waals surface area contributed by atoms with E-state index in [9.17, 15) is 0 Å². The summed E-state index contributed by atoms with van der Waals surface area (Å²) in [5, 5.41) is 5.45. The van der Waals surface area contributed by atoms with Crippen LogP contribution in [0.4, 0.5) is 0 Å². The first kappa shape index (κ1) is 13.3. The Labute approximate surface area is 110 Å². The molecular formula is C14H26N2S. The van der Waals surface area contributed by atoms with Crippen LogP contribution in [0.15, 0.2) is 4.99 Å². The fourth-order valence-corrected chi connectivity index (χ4v) is 4.47. The van der Waals surface area contributed by atoms with Gasteiger partial charge in [-0.1, -0.05) is 39.0 Å². The molecule has 0 amide bonds. The maximum Gasteiger partial charge on any atom is 0.157 e. The van der Waals surface area contributed by atoms with Crippen LogP contribution in [0.3, 0.4) is 0 Å². The molecule has 1 N–H and O–H groups in total. The van der Waals surface area contributed by atoms with Crippen LogP contribution in [0.25, 0.3) is 0 Å². The largest absolute Gasteiger partial charge is 0.362 e. The molecule has 0 aromatic heterocycles. The summed E-state index contributed by atoms with van der Waals surface area (Å²) in [6, 6.07) is 1.15. The number of rotatable bonds is 2. The molecule has 1 saturated heterocycles. The molecule has 2 aliphatic rings. The second kappa shape index (κ2) is 5.64. The van der Waals surface area contributed by atoms with Crippen molar-refractivity contribution in [2.75, 3.05) is 0 Å². The quantitative estimate of drug-likeness (QED) is 0.813. The highest BCUT2D eigenvalue weighted by Gasteiger charge is 2.32.